The Morgan fingerprint density at radius 2 is 2.05 bits per heavy atom. The lowest BCUT2D eigenvalue weighted by Crippen LogP contribution is -2.23. The van der Waals surface area contributed by atoms with Crippen LogP contribution in [0, 0.1) is 11.8 Å². The Morgan fingerprint density at radius 1 is 1.21 bits per heavy atom. The zero-order chi connectivity index (χ0) is 13.4. The Hall–Kier alpha value is -1.51. The topological polar surface area (TPSA) is 35.5 Å². The molecule has 0 aliphatic heterocycles. The SMILES string of the molecule is COc1ccc(C(C)=O)cc1OC1CC2CCC1C2. The van der Waals surface area contributed by atoms with Crippen molar-refractivity contribution in [1.82, 2.24) is 0 Å². The van der Waals surface area contributed by atoms with Crippen molar-refractivity contribution in [2.75, 3.05) is 7.11 Å². The molecule has 3 atom stereocenters. The summed E-state index contributed by atoms with van der Waals surface area (Å²) in [6.45, 7) is 1.57. The third-order valence-corrected chi connectivity index (χ3v) is 4.52. The summed E-state index contributed by atoms with van der Waals surface area (Å²) in [4.78, 5) is 11.5. The largest absolute Gasteiger partial charge is 0.493 e. The summed E-state index contributed by atoms with van der Waals surface area (Å²) in [7, 11) is 1.64. The van der Waals surface area contributed by atoms with Gasteiger partial charge in [0.15, 0.2) is 17.3 Å². The maximum absolute atomic E-state index is 11.5. The minimum absolute atomic E-state index is 0.0560. The van der Waals surface area contributed by atoms with Crippen molar-refractivity contribution in [2.45, 2.75) is 38.7 Å². The number of methoxy groups -OCH3 is 1. The van der Waals surface area contributed by atoms with E-state index in [0.717, 1.165) is 12.3 Å². The second-order valence-electron chi connectivity index (χ2n) is 5.75. The van der Waals surface area contributed by atoms with Crippen LogP contribution in [-0.2, 0) is 0 Å². The first kappa shape index (κ1) is 12.5. The minimum atomic E-state index is 0.0560. The van der Waals surface area contributed by atoms with Crippen LogP contribution in [0.25, 0.3) is 0 Å². The zero-order valence-corrected chi connectivity index (χ0v) is 11.5. The van der Waals surface area contributed by atoms with E-state index in [4.69, 9.17) is 9.47 Å². The molecule has 0 heterocycles. The van der Waals surface area contributed by atoms with E-state index in [1.54, 1.807) is 20.1 Å². The molecule has 0 radical (unpaired) electrons. The molecular weight excluding hydrogens is 240 g/mol. The van der Waals surface area contributed by atoms with Crippen LogP contribution in [0.3, 0.4) is 0 Å². The number of ether oxygens (including phenoxy) is 2. The van der Waals surface area contributed by atoms with E-state index < -0.39 is 0 Å². The molecule has 102 valence electrons. The van der Waals surface area contributed by atoms with E-state index in [0.29, 0.717) is 29.1 Å². The molecule has 0 spiro atoms. The smallest absolute Gasteiger partial charge is 0.162 e. The molecule has 3 rings (SSSR count). The predicted octanol–water partition coefficient (Wildman–Crippen LogP) is 3.47. The molecular formula is C16H20O3. The van der Waals surface area contributed by atoms with Crippen molar-refractivity contribution >= 4 is 5.78 Å². The summed E-state index contributed by atoms with van der Waals surface area (Å²) in [6.07, 6.45) is 5.39. The Labute approximate surface area is 113 Å². The molecule has 2 aliphatic carbocycles. The molecule has 3 heteroatoms. The second-order valence-corrected chi connectivity index (χ2v) is 5.75. The molecule has 0 amide bonds. The highest BCUT2D eigenvalue weighted by atomic mass is 16.5. The number of hydrogen-bond acceptors (Lipinski definition) is 3. The monoisotopic (exact) mass is 260 g/mol. The summed E-state index contributed by atoms with van der Waals surface area (Å²) in [5.41, 5.74) is 0.680. The molecule has 1 aromatic carbocycles. The summed E-state index contributed by atoms with van der Waals surface area (Å²) in [5, 5.41) is 0. The van der Waals surface area contributed by atoms with Gasteiger partial charge >= 0.3 is 0 Å². The molecule has 2 bridgehead atoms. The van der Waals surface area contributed by atoms with Gasteiger partial charge in [-0.15, -0.1) is 0 Å². The number of rotatable bonds is 4. The van der Waals surface area contributed by atoms with Crippen LogP contribution in [-0.4, -0.2) is 19.0 Å². The van der Waals surface area contributed by atoms with Crippen LogP contribution in [0.5, 0.6) is 11.5 Å². The maximum Gasteiger partial charge on any atom is 0.162 e. The number of carbonyl (C=O) groups excluding carboxylic acids is 1. The van der Waals surface area contributed by atoms with E-state index in [9.17, 15) is 4.79 Å². The van der Waals surface area contributed by atoms with Gasteiger partial charge < -0.3 is 9.47 Å². The normalized spacial score (nSPS) is 28.4. The molecule has 0 N–H and O–H groups in total. The fourth-order valence-electron chi connectivity index (χ4n) is 3.48. The fraction of sp³-hybridized carbons (Fsp3) is 0.562. The molecule has 19 heavy (non-hydrogen) atoms. The highest BCUT2D eigenvalue weighted by molar-refractivity contribution is 5.94. The van der Waals surface area contributed by atoms with Gasteiger partial charge in [0.2, 0.25) is 0 Å². The number of ketones is 1. The van der Waals surface area contributed by atoms with Crippen molar-refractivity contribution in [3.8, 4) is 11.5 Å². The van der Waals surface area contributed by atoms with Gasteiger partial charge in [0.25, 0.3) is 0 Å². The molecule has 1 aromatic rings. The lowest BCUT2D eigenvalue weighted by Gasteiger charge is -2.24. The number of fused-ring (bicyclic) bond motifs is 2. The lowest BCUT2D eigenvalue weighted by atomic mass is 9.97. The first-order valence-electron chi connectivity index (χ1n) is 7.03. The van der Waals surface area contributed by atoms with E-state index in [1.807, 2.05) is 12.1 Å². The Balaban J connectivity index is 1.82. The number of Topliss-reactive ketones (excluding diaryl/α,β-unsaturated/α-hetero) is 1. The first-order chi connectivity index (χ1) is 9.17. The number of carbonyl (C=O) groups is 1. The first-order valence-corrected chi connectivity index (χ1v) is 7.03. The Kier molecular flexibility index (Phi) is 3.21. The highest BCUT2D eigenvalue weighted by Gasteiger charge is 2.41. The van der Waals surface area contributed by atoms with E-state index in [2.05, 4.69) is 0 Å². The van der Waals surface area contributed by atoms with Crippen molar-refractivity contribution in [1.29, 1.82) is 0 Å². The molecule has 3 unspecified atom stereocenters. The van der Waals surface area contributed by atoms with Crippen LogP contribution < -0.4 is 9.47 Å². The summed E-state index contributed by atoms with van der Waals surface area (Å²) in [5.74, 6) is 3.02. The molecule has 2 aliphatic rings. The van der Waals surface area contributed by atoms with Gasteiger partial charge in [-0.3, -0.25) is 4.79 Å². The van der Waals surface area contributed by atoms with Gasteiger partial charge in [-0.05, 0) is 62.6 Å². The summed E-state index contributed by atoms with van der Waals surface area (Å²) in [6, 6.07) is 5.42. The average molecular weight is 260 g/mol. The quantitative estimate of drug-likeness (QED) is 0.778. The van der Waals surface area contributed by atoms with Crippen LogP contribution in [0.2, 0.25) is 0 Å². The van der Waals surface area contributed by atoms with Crippen LogP contribution in [0.15, 0.2) is 18.2 Å². The molecule has 3 nitrogen and oxygen atoms in total. The van der Waals surface area contributed by atoms with Crippen LogP contribution in [0.1, 0.15) is 43.0 Å². The molecule has 0 aromatic heterocycles. The van der Waals surface area contributed by atoms with Crippen molar-refractivity contribution in [2.24, 2.45) is 11.8 Å². The van der Waals surface area contributed by atoms with Gasteiger partial charge in [0, 0.05) is 5.56 Å². The van der Waals surface area contributed by atoms with E-state index in [-0.39, 0.29) is 5.78 Å². The minimum Gasteiger partial charge on any atom is -0.493 e. The average Bonchev–Trinajstić information content (AvgIpc) is 3.01. The predicted molar refractivity (Wildman–Crippen MR) is 72.9 cm³/mol. The van der Waals surface area contributed by atoms with Crippen LogP contribution >= 0.6 is 0 Å². The standard InChI is InChI=1S/C16H20O3/c1-10(17)12-5-6-14(18-2)16(9-12)19-15-8-11-3-4-13(15)7-11/h5-6,9,11,13,15H,3-4,7-8H2,1-2H3. The zero-order valence-electron chi connectivity index (χ0n) is 11.5. The van der Waals surface area contributed by atoms with Crippen molar-refractivity contribution in [3.05, 3.63) is 23.8 Å². The fourth-order valence-corrected chi connectivity index (χ4v) is 3.48. The van der Waals surface area contributed by atoms with Gasteiger partial charge in [-0.1, -0.05) is 0 Å². The Morgan fingerprint density at radius 3 is 2.63 bits per heavy atom. The summed E-state index contributed by atoms with van der Waals surface area (Å²) < 4.78 is 11.5. The maximum atomic E-state index is 11.5. The highest BCUT2D eigenvalue weighted by Crippen LogP contribution is 2.46. The molecule has 0 saturated heterocycles. The summed E-state index contributed by atoms with van der Waals surface area (Å²) >= 11 is 0. The third-order valence-electron chi connectivity index (χ3n) is 4.52. The third kappa shape index (κ3) is 2.34. The van der Waals surface area contributed by atoms with Gasteiger partial charge in [0.05, 0.1) is 7.11 Å². The van der Waals surface area contributed by atoms with Gasteiger partial charge in [-0.25, -0.2) is 0 Å². The second kappa shape index (κ2) is 4.87. The Bertz CT molecular complexity index is 495. The lowest BCUT2D eigenvalue weighted by molar-refractivity contribution is 0.101. The van der Waals surface area contributed by atoms with Crippen molar-refractivity contribution < 1.29 is 14.3 Å². The van der Waals surface area contributed by atoms with E-state index >= 15 is 0 Å². The molecule has 2 fully saturated rings. The number of hydrogen-bond donors (Lipinski definition) is 0. The van der Waals surface area contributed by atoms with E-state index in [1.165, 1.54) is 19.3 Å². The van der Waals surface area contributed by atoms with Gasteiger partial charge in [0.1, 0.15) is 6.10 Å². The molecule has 2 saturated carbocycles. The number of benzene rings is 1. The van der Waals surface area contributed by atoms with Crippen LogP contribution in [0.4, 0.5) is 0 Å². The van der Waals surface area contributed by atoms with Gasteiger partial charge in [-0.2, -0.15) is 0 Å². The van der Waals surface area contributed by atoms with Crippen molar-refractivity contribution in [3.63, 3.8) is 0 Å².